The Labute approximate surface area is 152 Å². The first-order valence-electron chi connectivity index (χ1n) is 8.40. The molecule has 3 aromatic rings. The number of amides is 1. The first-order chi connectivity index (χ1) is 12.7. The standard InChI is InChI=1S/C20H21N3O3/c1-3-26-19-10-5-4-7-15(19)13-21-20(24)18-12-17(22-23-18)14-8-6-9-16(11-14)25-2/h4-12H,3,13H2,1-2H3,(H,21,24)(H,22,23). The van der Waals surface area contributed by atoms with E-state index in [1.165, 1.54) is 0 Å². The summed E-state index contributed by atoms with van der Waals surface area (Å²) in [6.45, 7) is 2.89. The van der Waals surface area contributed by atoms with E-state index in [2.05, 4.69) is 15.5 Å². The highest BCUT2D eigenvalue weighted by atomic mass is 16.5. The second-order valence-corrected chi connectivity index (χ2v) is 5.62. The number of para-hydroxylation sites is 1. The van der Waals surface area contributed by atoms with Gasteiger partial charge in [-0.3, -0.25) is 9.89 Å². The Balaban J connectivity index is 1.69. The highest BCUT2D eigenvalue weighted by Gasteiger charge is 2.12. The summed E-state index contributed by atoms with van der Waals surface area (Å²) in [6.07, 6.45) is 0. The lowest BCUT2D eigenvalue weighted by Gasteiger charge is -2.10. The number of nitrogens with zero attached hydrogens (tertiary/aromatic N) is 1. The summed E-state index contributed by atoms with van der Waals surface area (Å²) in [6, 6.07) is 16.9. The predicted octanol–water partition coefficient (Wildman–Crippen LogP) is 3.41. The molecule has 2 N–H and O–H groups in total. The monoisotopic (exact) mass is 351 g/mol. The first-order valence-corrected chi connectivity index (χ1v) is 8.40. The van der Waals surface area contributed by atoms with E-state index < -0.39 is 0 Å². The number of hydrogen-bond acceptors (Lipinski definition) is 4. The molecule has 1 aromatic heterocycles. The van der Waals surface area contributed by atoms with Crippen molar-refractivity contribution in [2.45, 2.75) is 13.5 Å². The molecule has 134 valence electrons. The Morgan fingerprint density at radius 2 is 2.00 bits per heavy atom. The molecule has 0 atom stereocenters. The molecule has 26 heavy (non-hydrogen) atoms. The zero-order valence-electron chi connectivity index (χ0n) is 14.8. The summed E-state index contributed by atoms with van der Waals surface area (Å²) < 4.78 is 10.8. The van der Waals surface area contributed by atoms with Crippen molar-refractivity contribution < 1.29 is 14.3 Å². The van der Waals surface area contributed by atoms with Crippen molar-refractivity contribution in [1.29, 1.82) is 0 Å². The summed E-state index contributed by atoms with van der Waals surface area (Å²) in [5, 5.41) is 9.89. The smallest absolute Gasteiger partial charge is 0.269 e. The van der Waals surface area contributed by atoms with Gasteiger partial charge < -0.3 is 14.8 Å². The normalized spacial score (nSPS) is 10.4. The number of rotatable bonds is 7. The van der Waals surface area contributed by atoms with E-state index >= 15 is 0 Å². The Kier molecular flexibility index (Phi) is 5.53. The number of ether oxygens (including phenoxy) is 2. The number of carbonyl (C=O) groups excluding carboxylic acids is 1. The van der Waals surface area contributed by atoms with Crippen molar-refractivity contribution in [1.82, 2.24) is 15.5 Å². The summed E-state index contributed by atoms with van der Waals surface area (Å²) in [5.41, 5.74) is 2.89. The molecule has 0 unspecified atom stereocenters. The SMILES string of the molecule is CCOc1ccccc1CNC(=O)c1cc(-c2cccc(OC)c2)n[nH]1. The number of carbonyl (C=O) groups is 1. The Morgan fingerprint density at radius 3 is 2.81 bits per heavy atom. The lowest BCUT2D eigenvalue weighted by Crippen LogP contribution is -2.23. The van der Waals surface area contributed by atoms with E-state index in [1.807, 2.05) is 55.5 Å². The van der Waals surface area contributed by atoms with Crippen LogP contribution in [0, 0.1) is 0 Å². The Morgan fingerprint density at radius 1 is 1.15 bits per heavy atom. The molecule has 0 saturated heterocycles. The van der Waals surface area contributed by atoms with Crippen molar-refractivity contribution in [3.63, 3.8) is 0 Å². The van der Waals surface area contributed by atoms with Crippen LogP contribution in [0.25, 0.3) is 11.3 Å². The van der Waals surface area contributed by atoms with Crippen molar-refractivity contribution in [2.24, 2.45) is 0 Å². The molecule has 0 aliphatic rings. The van der Waals surface area contributed by atoms with Crippen LogP contribution in [0.2, 0.25) is 0 Å². The van der Waals surface area contributed by atoms with Gasteiger partial charge in [-0.15, -0.1) is 0 Å². The van der Waals surface area contributed by atoms with Gasteiger partial charge in [0, 0.05) is 17.7 Å². The molecule has 0 saturated carbocycles. The maximum Gasteiger partial charge on any atom is 0.269 e. The minimum Gasteiger partial charge on any atom is -0.497 e. The lowest BCUT2D eigenvalue weighted by molar-refractivity contribution is 0.0945. The van der Waals surface area contributed by atoms with E-state index in [4.69, 9.17) is 9.47 Å². The third kappa shape index (κ3) is 4.03. The molecule has 0 aliphatic carbocycles. The largest absolute Gasteiger partial charge is 0.497 e. The van der Waals surface area contributed by atoms with Crippen LogP contribution in [0.5, 0.6) is 11.5 Å². The highest BCUT2D eigenvalue weighted by molar-refractivity contribution is 5.93. The number of aromatic amines is 1. The Hall–Kier alpha value is -3.28. The summed E-state index contributed by atoms with van der Waals surface area (Å²) >= 11 is 0. The van der Waals surface area contributed by atoms with Gasteiger partial charge in [0.1, 0.15) is 17.2 Å². The number of nitrogens with one attached hydrogen (secondary N) is 2. The molecule has 0 fully saturated rings. The fraction of sp³-hybridized carbons (Fsp3) is 0.200. The maximum atomic E-state index is 12.4. The second kappa shape index (κ2) is 8.20. The fourth-order valence-electron chi connectivity index (χ4n) is 2.59. The van der Waals surface area contributed by atoms with Crippen LogP contribution < -0.4 is 14.8 Å². The minimum atomic E-state index is -0.224. The minimum absolute atomic E-state index is 0.224. The van der Waals surface area contributed by atoms with E-state index in [-0.39, 0.29) is 5.91 Å². The van der Waals surface area contributed by atoms with Crippen LogP contribution in [0.4, 0.5) is 0 Å². The molecule has 0 radical (unpaired) electrons. The number of benzene rings is 2. The van der Waals surface area contributed by atoms with Gasteiger partial charge in [0.05, 0.1) is 19.4 Å². The van der Waals surface area contributed by atoms with Gasteiger partial charge in [-0.2, -0.15) is 5.10 Å². The maximum absolute atomic E-state index is 12.4. The van der Waals surface area contributed by atoms with E-state index in [1.54, 1.807) is 13.2 Å². The van der Waals surface area contributed by atoms with Crippen molar-refractivity contribution in [3.05, 3.63) is 65.9 Å². The van der Waals surface area contributed by atoms with E-state index in [9.17, 15) is 4.79 Å². The Bertz CT molecular complexity index is 889. The average Bonchev–Trinajstić information content (AvgIpc) is 3.18. The number of aromatic nitrogens is 2. The van der Waals surface area contributed by atoms with Crippen molar-refractivity contribution in [2.75, 3.05) is 13.7 Å². The van der Waals surface area contributed by atoms with Crippen LogP contribution in [-0.4, -0.2) is 29.8 Å². The molecule has 2 aromatic carbocycles. The third-order valence-electron chi connectivity index (χ3n) is 3.90. The molecule has 6 heteroatoms. The van der Waals surface area contributed by atoms with Gasteiger partial charge in [0.2, 0.25) is 0 Å². The molecular weight excluding hydrogens is 330 g/mol. The fourth-order valence-corrected chi connectivity index (χ4v) is 2.59. The summed E-state index contributed by atoms with van der Waals surface area (Å²) in [5.74, 6) is 1.29. The van der Waals surface area contributed by atoms with Gasteiger partial charge in [-0.1, -0.05) is 30.3 Å². The summed E-state index contributed by atoms with van der Waals surface area (Å²) in [4.78, 5) is 12.4. The van der Waals surface area contributed by atoms with Crippen LogP contribution >= 0.6 is 0 Å². The molecule has 6 nitrogen and oxygen atoms in total. The summed E-state index contributed by atoms with van der Waals surface area (Å²) in [7, 11) is 1.61. The van der Waals surface area contributed by atoms with Crippen LogP contribution in [0.15, 0.2) is 54.6 Å². The lowest BCUT2D eigenvalue weighted by atomic mass is 10.1. The van der Waals surface area contributed by atoms with Gasteiger partial charge in [0.25, 0.3) is 5.91 Å². The van der Waals surface area contributed by atoms with Crippen LogP contribution in [0.1, 0.15) is 23.0 Å². The number of H-pyrrole nitrogens is 1. The van der Waals surface area contributed by atoms with E-state index in [0.29, 0.717) is 24.5 Å². The quantitative estimate of drug-likeness (QED) is 0.684. The molecule has 0 spiro atoms. The van der Waals surface area contributed by atoms with Crippen LogP contribution in [-0.2, 0) is 6.54 Å². The second-order valence-electron chi connectivity index (χ2n) is 5.62. The molecule has 1 heterocycles. The van der Waals surface area contributed by atoms with Gasteiger partial charge in [0.15, 0.2) is 0 Å². The van der Waals surface area contributed by atoms with Crippen LogP contribution in [0.3, 0.4) is 0 Å². The first kappa shape index (κ1) is 17.5. The zero-order valence-corrected chi connectivity index (χ0v) is 14.8. The topological polar surface area (TPSA) is 76.2 Å². The van der Waals surface area contributed by atoms with Gasteiger partial charge in [-0.25, -0.2) is 0 Å². The van der Waals surface area contributed by atoms with Gasteiger partial charge in [-0.05, 0) is 31.2 Å². The number of methoxy groups -OCH3 is 1. The molecular formula is C20H21N3O3. The highest BCUT2D eigenvalue weighted by Crippen LogP contribution is 2.23. The number of hydrogen-bond donors (Lipinski definition) is 2. The molecule has 0 aliphatic heterocycles. The molecule has 0 bridgehead atoms. The average molecular weight is 351 g/mol. The predicted molar refractivity (Wildman–Crippen MR) is 99.4 cm³/mol. The molecule has 3 rings (SSSR count). The van der Waals surface area contributed by atoms with Crippen molar-refractivity contribution in [3.8, 4) is 22.8 Å². The van der Waals surface area contributed by atoms with Gasteiger partial charge >= 0.3 is 0 Å². The molecule has 1 amide bonds. The zero-order chi connectivity index (χ0) is 18.4. The third-order valence-corrected chi connectivity index (χ3v) is 3.90. The van der Waals surface area contributed by atoms with E-state index in [0.717, 1.165) is 22.6 Å². The van der Waals surface area contributed by atoms with Crippen molar-refractivity contribution >= 4 is 5.91 Å².